The van der Waals surface area contributed by atoms with Gasteiger partial charge in [-0.2, -0.15) is 9.90 Å². The van der Waals surface area contributed by atoms with Gasteiger partial charge in [0.05, 0.1) is 0 Å². The Bertz CT molecular complexity index is 582. The van der Waals surface area contributed by atoms with Crippen molar-refractivity contribution < 1.29 is 0 Å². The standard InChI is InChI=1S/C20H21P.H3P/c1-2-21(18-12-6-3-7-13-18,19-14-8-4-9-15-19)20-16-10-5-11-17-20;/h3-17,21H,2H2,1H3;1H3. The van der Waals surface area contributed by atoms with E-state index in [9.17, 15) is 0 Å². The second-order valence-electron chi connectivity index (χ2n) is 5.36. The minimum absolute atomic E-state index is 0. The van der Waals surface area contributed by atoms with Crippen LogP contribution in [0.2, 0.25) is 0 Å². The first-order valence-corrected chi connectivity index (χ1v) is 9.75. The fourth-order valence-electron chi connectivity index (χ4n) is 3.28. The van der Waals surface area contributed by atoms with E-state index in [2.05, 4.69) is 97.9 Å². The van der Waals surface area contributed by atoms with Crippen molar-refractivity contribution in [3.05, 3.63) is 91.0 Å². The second kappa shape index (κ2) is 7.68. The van der Waals surface area contributed by atoms with E-state index >= 15 is 0 Å². The maximum Gasteiger partial charge on any atom is -0.153 e. The number of hydrogen-bond acceptors (Lipinski definition) is 0. The van der Waals surface area contributed by atoms with E-state index in [1.54, 1.807) is 0 Å². The van der Waals surface area contributed by atoms with Crippen molar-refractivity contribution >= 4 is 33.1 Å². The molecule has 1 unspecified atom stereocenters. The monoisotopic (exact) mass is 326 g/mol. The van der Waals surface area contributed by atoms with E-state index in [1.807, 2.05) is 0 Å². The molecule has 0 bridgehead atoms. The van der Waals surface area contributed by atoms with Crippen LogP contribution in [0, 0.1) is 0 Å². The first-order chi connectivity index (χ1) is 10.4. The molecule has 0 spiro atoms. The zero-order chi connectivity index (χ0) is 14.5. The van der Waals surface area contributed by atoms with Crippen LogP contribution in [-0.4, -0.2) is 6.16 Å². The van der Waals surface area contributed by atoms with Crippen molar-refractivity contribution in [1.82, 2.24) is 0 Å². The minimum atomic E-state index is -1.90. The van der Waals surface area contributed by atoms with Crippen molar-refractivity contribution in [2.24, 2.45) is 0 Å². The molecule has 3 aromatic carbocycles. The van der Waals surface area contributed by atoms with E-state index in [-0.39, 0.29) is 9.90 Å². The van der Waals surface area contributed by atoms with E-state index in [0.717, 1.165) is 0 Å². The SMILES string of the molecule is CC[PH](c1ccccc1)(c1ccccc1)c1ccccc1.P. The Morgan fingerprint density at radius 3 is 1.05 bits per heavy atom. The molecule has 3 rings (SSSR count). The van der Waals surface area contributed by atoms with E-state index in [4.69, 9.17) is 0 Å². The molecule has 0 radical (unpaired) electrons. The average molecular weight is 326 g/mol. The molecule has 0 aliphatic heterocycles. The predicted molar refractivity (Wildman–Crippen MR) is 108 cm³/mol. The summed E-state index contributed by atoms with van der Waals surface area (Å²) in [4.78, 5) is 0. The third kappa shape index (κ3) is 3.00. The molecule has 0 fully saturated rings. The van der Waals surface area contributed by atoms with Crippen LogP contribution >= 0.6 is 17.2 Å². The zero-order valence-corrected chi connectivity index (χ0v) is 15.5. The number of benzene rings is 3. The molecule has 0 aliphatic carbocycles. The first-order valence-electron chi connectivity index (χ1n) is 7.54. The molecule has 0 N–H and O–H groups in total. The summed E-state index contributed by atoms with van der Waals surface area (Å²) in [5.74, 6) is 0. The number of hydrogen-bond donors (Lipinski definition) is 0. The molecular formula is C20H24P2. The van der Waals surface area contributed by atoms with Gasteiger partial charge >= 0.3 is 127 Å². The van der Waals surface area contributed by atoms with Crippen LogP contribution < -0.4 is 15.9 Å². The fourth-order valence-corrected chi connectivity index (χ4v) is 7.79. The normalized spacial score (nSPS) is 11.5. The quantitative estimate of drug-likeness (QED) is 0.640. The Morgan fingerprint density at radius 2 is 0.818 bits per heavy atom. The van der Waals surface area contributed by atoms with Crippen LogP contribution in [0.1, 0.15) is 6.92 Å². The summed E-state index contributed by atoms with van der Waals surface area (Å²) >= 11 is 0. The van der Waals surface area contributed by atoms with Gasteiger partial charge in [0, 0.05) is 0 Å². The fraction of sp³-hybridized carbons (Fsp3) is 0.100. The molecule has 0 nitrogen and oxygen atoms in total. The molecule has 2 heteroatoms. The summed E-state index contributed by atoms with van der Waals surface area (Å²) in [5, 5.41) is 4.47. The zero-order valence-electron chi connectivity index (χ0n) is 13.1. The van der Waals surface area contributed by atoms with Crippen molar-refractivity contribution in [1.29, 1.82) is 0 Å². The summed E-state index contributed by atoms with van der Waals surface area (Å²) in [5.41, 5.74) is 0. The van der Waals surface area contributed by atoms with Gasteiger partial charge in [-0.3, -0.25) is 0 Å². The third-order valence-corrected chi connectivity index (χ3v) is 9.35. The van der Waals surface area contributed by atoms with Crippen molar-refractivity contribution in [2.75, 3.05) is 6.16 Å². The van der Waals surface area contributed by atoms with Gasteiger partial charge in [0.1, 0.15) is 0 Å². The molecule has 22 heavy (non-hydrogen) atoms. The Hall–Kier alpha value is -1.48. The van der Waals surface area contributed by atoms with Crippen LogP contribution in [0.15, 0.2) is 91.0 Å². The van der Waals surface area contributed by atoms with Gasteiger partial charge in [0.25, 0.3) is 0 Å². The van der Waals surface area contributed by atoms with Gasteiger partial charge in [-0.1, -0.05) is 0 Å². The van der Waals surface area contributed by atoms with Gasteiger partial charge in [-0.15, -0.1) is 0 Å². The minimum Gasteiger partial charge on any atom is -0.153 e. The molecule has 3 aromatic rings. The van der Waals surface area contributed by atoms with Gasteiger partial charge in [0.2, 0.25) is 0 Å². The van der Waals surface area contributed by atoms with Gasteiger partial charge in [-0.05, 0) is 0 Å². The van der Waals surface area contributed by atoms with E-state index < -0.39 is 7.26 Å². The summed E-state index contributed by atoms with van der Waals surface area (Å²) in [6.45, 7) is 2.33. The second-order valence-corrected chi connectivity index (χ2v) is 9.61. The Morgan fingerprint density at radius 1 is 0.545 bits per heavy atom. The Kier molecular flexibility index (Phi) is 5.90. The molecule has 0 amide bonds. The van der Waals surface area contributed by atoms with Gasteiger partial charge < -0.3 is 0 Å². The van der Waals surface area contributed by atoms with Crippen LogP contribution in [0.3, 0.4) is 0 Å². The molecule has 0 aromatic heterocycles. The van der Waals surface area contributed by atoms with E-state index in [0.29, 0.717) is 0 Å². The predicted octanol–water partition coefficient (Wildman–Crippen LogP) is 3.79. The van der Waals surface area contributed by atoms with Crippen molar-refractivity contribution in [3.63, 3.8) is 0 Å². The summed E-state index contributed by atoms with van der Waals surface area (Å²) in [6, 6.07) is 33.1. The van der Waals surface area contributed by atoms with Crippen LogP contribution in [0.5, 0.6) is 0 Å². The molecule has 0 saturated heterocycles. The molecule has 0 saturated carbocycles. The van der Waals surface area contributed by atoms with E-state index in [1.165, 1.54) is 22.1 Å². The number of rotatable bonds is 4. The molecule has 0 aliphatic rings. The van der Waals surface area contributed by atoms with Gasteiger partial charge in [-0.25, -0.2) is 0 Å². The molecule has 0 heterocycles. The van der Waals surface area contributed by atoms with Crippen molar-refractivity contribution in [2.45, 2.75) is 6.92 Å². The largest absolute Gasteiger partial charge is 0.153 e. The summed E-state index contributed by atoms with van der Waals surface area (Å²) < 4.78 is 0. The maximum absolute atomic E-state index is 2.33. The summed E-state index contributed by atoms with van der Waals surface area (Å²) in [7, 11) is -1.90. The van der Waals surface area contributed by atoms with Gasteiger partial charge in [0.15, 0.2) is 0 Å². The molecule has 114 valence electrons. The molecular weight excluding hydrogens is 302 g/mol. The Balaban J connectivity index is 0.00000176. The Labute approximate surface area is 137 Å². The first kappa shape index (κ1) is 16.9. The molecule has 1 atom stereocenters. The smallest absolute Gasteiger partial charge is 0.153 e. The third-order valence-electron chi connectivity index (χ3n) is 4.33. The van der Waals surface area contributed by atoms with Crippen molar-refractivity contribution in [3.8, 4) is 0 Å². The van der Waals surface area contributed by atoms with Crippen LogP contribution in [0.4, 0.5) is 0 Å². The summed E-state index contributed by atoms with van der Waals surface area (Å²) in [6.07, 6.45) is 1.17. The average Bonchev–Trinajstić information content (AvgIpc) is 2.59. The topological polar surface area (TPSA) is 0 Å². The van der Waals surface area contributed by atoms with Crippen LogP contribution in [-0.2, 0) is 0 Å². The maximum atomic E-state index is 2.33. The van der Waals surface area contributed by atoms with Crippen LogP contribution in [0.25, 0.3) is 0 Å².